The van der Waals surface area contributed by atoms with E-state index in [0.29, 0.717) is 5.56 Å². The number of nitrogens with one attached hydrogen (secondary N) is 1. The van der Waals surface area contributed by atoms with Crippen molar-refractivity contribution in [3.8, 4) is 11.1 Å². The second-order valence-electron chi connectivity index (χ2n) is 5.40. The first kappa shape index (κ1) is 15.2. The Kier molecular flexibility index (Phi) is 3.83. The molecular weight excluding hydrogens is 299 g/mol. The summed E-state index contributed by atoms with van der Waals surface area (Å²) in [5.41, 5.74) is 2.22. The zero-order chi connectivity index (χ0) is 16.6. The van der Waals surface area contributed by atoms with E-state index in [4.69, 9.17) is 0 Å². The minimum Gasteiger partial charge on any atom is -0.386 e. The van der Waals surface area contributed by atoms with Crippen molar-refractivity contribution in [1.29, 1.82) is 0 Å². The van der Waals surface area contributed by atoms with Crippen molar-refractivity contribution in [1.82, 2.24) is 10.2 Å². The second-order valence-corrected chi connectivity index (χ2v) is 5.40. The van der Waals surface area contributed by atoms with Gasteiger partial charge in [-0.2, -0.15) is 0 Å². The van der Waals surface area contributed by atoms with Gasteiger partial charge in [0, 0.05) is 7.05 Å². The fraction of sp³-hybridized carbons (Fsp3) is 0.176. The maximum atomic E-state index is 12.9. The van der Waals surface area contributed by atoms with Crippen molar-refractivity contribution in [3.63, 3.8) is 0 Å². The van der Waals surface area contributed by atoms with Gasteiger partial charge >= 0.3 is 6.03 Å². The molecule has 0 saturated carbocycles. The number of halogens is 1. The fourth-order valence-corrected chi connectivity index (χ4v) is 2.52. The van der Waals surface area contributed by atoms with Crippen LogP contribution in [0, 0.1) is 5.82 Å². The molecule has 1 unspecified atom stereocenters. The molecule has 0 bridgehead atoms. The number of carbonyl (C=O) groups is 2. The number of urea groups is 1. The summed E-state index contributed by atoms with van der Waals surface area (Å²) < 4.78 is 12.9. The quantitative estimate of drug-likeness (QED) is 0.852. The molecule has 1 fully saturated rings. The minimum atomic E-state index is -1.13. The van der Waals surface area contributed by atoms with Crippen LogP contribution >= 0.6 is 0 Å². The van der Waals surface area contributed by atoms with E-state index in [9.17, 15) is 19.1 Å². The van der Waals surface area contributed by atoms with Gasteiger partial charge in [-0.05, 0) is 28.8 Å². The highest BCUT2D eigenvalue weighted by Gasteiger charge is 2.40. The molecule has 5 nitrogen and oxygen atoms in total. The Balaban J connectivity index is 1.81. The molecule has 2 N–H and O–H groups in total. The van der Waals surface area contributed by atoms with Crippen LogP contribution in [0.4, 0.5) is 9.18 Å². The van der Waals surface area contributed by atoms with Crippen LogP contribution in [0.15, 0.2) is 48.5 Å². The number of aliphatic hydroxyl groups excluding tert-OH is 1. The summed E-state index contributed by atoms with van der Waals surface area (Å²) in [6.07, 6.45) is -1.13. The predicted molar refractivity (Wildman–Crippen MR) is 81.9 cm³/mol. The third-order valence-electron chi connectivity index (χ3n) is 3.93. The predicted octanol–water partition coefficient (Wildman–Crippen LogP) is 2.08. The van der Waals surface area contributed by atoms with Gasteiger partial charge in [-0.1, -0.05) is 36.4 Å². The number of hydrogen-bond acceptors (Lipinski definition) is 3. The molecule has 6 heteroatoms. The summed E-state index contributed by atoms with van der Waals surface area (Å²) in [5, 5.41) is 12.8. The lowest BCUT2D eigenvalue weighted by atomic mass is 9.98. The van der Waals surface area contributed by atoms with E-state index < -0.39 is 24.1 Å². The fourth-order valence-electron chi connectivity index (χ4n) is 2.52. The molecule has 1 aliphatic heterocycles. The van der Waals surface area contributed by atoms with Crippen molar-refractivity contribution in [3.05, 3.63) is 59.9 Å². The van der Waals surface area contributed by atoms with Gasteiger partial charge in [-0.15, -0.1) is 0 Å². The lowest BCUT2D eigenvalue weighted by molar-refractivity contribution is -0.128. The van der Waals surface area contributed by atoms with Crippen LogP contribution in [-0.2, 0) is 4.79 Å². The van der Waals surface area contributed by atoms with E-state index in [-0.39, 0.29) is 5.82 Å². The van der Waals surface area contributed by atoms with Gasteiger partial charge in [-0.3, -0.25) is 9.69 Å². The number of rotatable bonds is 3. The van der Waals surface area contributed by atoms with Gasteiger partial charge in [0.1, 0.15) is 18.0 Å². The zero-order valence-electron chi connectivity index (χ0n) is 12.4. The molecule has 0 aliphatic carbocycles. The summed E-state index contributed by atoms with van der Waals surface area (Å²) in [5.74, 6) is -0.773. The molecule has 2 atom stereocenters. The standard InChI is InChI=1S/C17H15FN2O3/c1-20-16(22)14(19-17(20)23)15(21)12-4-2-10(3-5-12)11-6-8-13(18)9-7-11/h2-9,14-15,21H,1H3,(H,19,23)/t14?,15-/m0/s1. The van der Waals surface area contributed by atoms with Crippen molar-refractivity contribution >= 4 is 11.9 Å². The summed E-state index contributed by atoms with van der Waals surface area (Å²) in [6.45, 7) is 0. The van der Waals surface area contributed by atoms with E-state index in [2.05, 4.69) is 5.32 Å². The molecule has 3 amide bonds. The molecule has 0 aromatic heterocycles. The molecule has 1 heterocycles. The molecular formula is C17H15FN2O3. The Labute approximate surface area is 132 Å². The number of imide groups is 1. The molecule has 23 heavy (non-hydrogen) atoms. The van der Waals surface area contributed by atoms with Crippen LogP contribution in [0.5, 0.6) is 0 Å². The Morgan fingerprint density at radius 3 is 2.04 bits per heavy atom. The summed E-state index contributed by atoms with van der Waals surface area (Å²) in [7, 11) is 1.36. The van der Waals surface area contributed by atoms with E-state index in [1.54, 1.807) is 36.4 Å². The third-order valence-corrected chi connectivity index (χ3v) is 3.93. The summed E-state index contributed by atoms with van der Waals surface area (Å²) >= 11 is 0. The normalized spacial score (nSPS) is 18.9. The minimum absolute atomic E-state index is 0.305. The van der Waals surface area contributed by atoms with Crippen LogP contribution in [0.25, 0.3) is 11.1 Å². The van der Waals surface area contributed by atoms with Crippen LogP contribution in [0.2, 0.25) is 0 Å². The zero-order valence-corrected chi connectivity index (χ0v) is 12.4. The highest BCUT2D eigenvalue weighted by atomic mass is 19.1. The van der Waals surface area contributed by atoms with Crippen LogP contribution in [0.1, 0.15) is 11.7 Å². The molecule has 0 radical (unpaired) electrons. The Hall–Kier alpha value is -2.73. The highest BCUT2D eigenvalue weighted by molar-refractivity contribution is 6.04. The molecule has 1 aliphatic rings. The summed E-state index contributed by atoms with van der Waals surface area (Å²) in [4.78, 5) is 24.3. The van der Waals surface area contributed by atoms with Crippen molar-refractivity contribution in [2.24, 2.45) is 0 Å². The van der Waals surface area contributed by atoms with Gasteiger partial charge in [0.15, 0.2) is 0 Å². The maximum absolute atomic E-state index is 12.9. The van der Waals surface area contributed by atoms with Gasteiger partial charge in [0.2, 0.25) is 0 Å². The largest absolute Gasteiger partial charge is 0.386 e. The number of likely N-dealkylation sites (N-methyl/N-ethyl adjacent to an activating group) is 1. The number of nitrogens with zero attached hydrogens (tertiary/aromatic N) is 1. The van der Waals surface area contributed by atoms with Gasteiger partial charge in [-0.25, -0.2) is 9.18 Å². The van der Waals surface area contributed by atoms with Crippen molar-refractivity contribution in [2.45, 2.75) is 12.1 Å². The topological polar surface area (TPSA) is 69.6 Å². The van der Waals surface area contributed by atoms with E-state index in [0.717, 1.165) is 16.0 Å². The van der Waals surface area contributed by atoms with E-state index >= 15 is 0 Å². The van der Waals surface area contributed by atoms with Gasteiger partial charge in [0.25, 0.3) is 5.91 Å². The molecule has 118 valence electrons. The van der Waals surface area contributed by atoms with Crippen molar-refractivity contribution in [2.75, 3.05) is 7.05 Å². The number of benzene rings is 2. The Morgan fingerprint density at radius 1 is 1.04 bits per heavy atom. The lowest BCUT2D eigenvalue weighted by Crippen LogP contribution is -2.35. The molecule has 1 saturated heterocycles. The Morgan fingerprint density at radius 2 is 1.57 bits per heavy atom. The van der Waals surface area contributed by atoms with Crippen LogP contribution in [-0.4, -0.2) is 35.0 Å². The maximum Gasteiger partial charge on any atom is 0.324 e. The molecule has 3 rings (SSSR count). The average Bonchev–Trinajstić information content (AvgIpc) is 2.83. The smallest absolute Gasteiger partial charge is 0.324 e. The van der Waals surface area contributed by atoms with E-state index in [1.807, 2.05) is 0 Å². The monoisotopic (exact) mass is 314 g/mol. The third kappa shape index (κ3) is 2.80. The lowest BCUT2D eigenvalue weighted by Gasteiger charge is -2.16. The van der Waals surface area contributed by atoms with Gasteiger partial charge < -0.3 is 10.4 Å². The van der Waals surface area contributed by atoms with Crippen LogP contribution in [0.3, 0.4) is 0 Å². The first-order valence-electron chi connectivity index (χ1n) is 7.09. The first-order valence-corrected chi connectivity index (χ1v) is 7.09. The number of hydrogen-bond donors (Lipinski definition) is 2. The molecule has 0 spiro atoms. The first-order chi connectivity index (χ1) is 11.0. The summed E-state index contributed by atoms with van der Waals surface area (Å²) in [6, 6.07) is 11.5. The SMILES string of the molecule is CN1C(=O)NC([C@@H](O)c2ccc(-c3ccc(F)cc3)cc2)C1=O. The van der Waals surface area contributed by atoms with Crippen LogP contribution < -0.4 is 5.32 Å². The van der Waals surface area contributed by atoms with E-state index in [1.165, 1.54) is 19.2 Å². The number of aliphatic hydroxyl groups is 1. The molecule has 2 aromatic carbocycles. The second kappa shape index (κ2) is 5.81. The average molecular weight is 314 g/mol. The number of amides is 3. The van der Waals surface area contributed by atoms with Crippen molar-refractivity contribution < 1.29 is 19.1 Å². The highest BCUT2D eigenvalue weighted by Crippen LogP contribution is 2.25. The molecule has 2 aromatic rings. The number of carbonyl (C=O) groups excluding carboxylic acids is 2. The Bertz CT molecular complexity index is 743. The van der Waals surface area contributed by atoms with Gasteiger partial charge in [0.05, 0.1) is 0 Å².